The maximum atomic E-state index is 13.3. The van der Waals surface area contributed by atoms with Gasteiger partial charge >= 0.3 is 0 Å². The van der Waals surface area contributed by atoms with Crippen molar-refractivity contribution < 1.29 is 19.2 Å². The van der Waals surface area contributed by atoms with Gasteiger partial charge in [0.2, 0.25) is 23.6 Å². The number of nitrogens with one attached hydrogen (secondary N) is 4. The molecule has 39 heavy (non-hydrogen) atoms. The normalized spacial score (nSPS) is 12.9. The van der Waals surface area contributed by atoms with Crippen LogP contribution in [-0.4, -0.2) is 41.8 Å². The maximum Gasteiger partial charge on any atom is 0.243 e. The van der Waals surface area contributed by atoms with E-state index in [0.717, 1.165) is 15.6 Å². The van der Waals surface area contributed by atoms with Gasteiger partial charge in [0, 0.05) is 30.3 Å². The molecule has 2 rings (SSSR count). The quantitative estimate of drug-likeness (QED) is 0.250. The van der Waals surface area contributed by atoms with E-state index in [0.29, 0.717) is 13.0 Å². The average Bonchev–Trinajstić information content (AvgIpc) is 2.90. The highest BCUT2D eigenvalue weighted by Crippen LogP contribution is 2.12. The first-order valence-electron chi connectivity index (χ1n) is 13.0. The van der Waals surface area contributed by atoms with Crippen molar-refractivity contribution >= 4 is 39.6 Å². The van der Waals surface area contributed by atoms with Gasteiger partial charge in [-0.1, -0.05) is 72.2 Å². The number of amides is 4. The first-order chi connectivity index (χ1) is 18.6. The Labute approximate surface area is 239 Å². The van der Waals surface area contributed by atoms with Crippen LogP contribution < -0.4 is 21.3 Å². The van der Waals surface area contributed by atoms with E-state index in [-0.39, 0.29) is 37.0 Å². The van der Waals surface area contributed by atoms with E-state index in [1.165, 1.54) is 0 Å². The first-order valence-corrected chi connectivity index (χ1v) is 13.8. The average molecular weight is 598 g/mol. The fourth-order valence-corrected chi connectivity index (χ4v) is 4.30. The van der Waals surface area contributed by atoms with E-state index in [2.05, 4.69) is 43.1 Å². The lowest BCUT2D eigenvalue weighted by atomic mass is 10.0. The minimum absolute atomic E-state index is 0.0829. The Balaban J connectivity index is 2.07. The van der Waals surface area contributed by atoms with E-state index >= 15 is 0 Å². The molecule has 0 saturated heterocycles. The Morgan fingerprint density at radius 1 is 0.846 bits per heavy atom. The molecule has 0 spiro atoms. The van der Waals surface area contributed by atoms with Crippen molar-refractivity contribution in [2.45, 2.75) is 71.1 Å². The van der Waals surface area contributed by atoms with E-state index in [9.17, 15) is 19.2 Å². The van der Waals surface area contributed by atoms with Gasteiger partial charge in [-0.3, -0.25) is 19.2 Å². The molecule has 2 aromatic rings. The van der Waals surface area contributed by atoms with E-state index in [4.69, 9.17) is 6.42 Å². The number of terminal acetylenes is 1. The maximum absolute atomic E-state index is 13.3. The van der Waals surface area contributed by atoms with E-state index < -0.39 is 29.9 Å². The molecule has 2 aromatic carbocycles. The van der Waals surface area contributed by atoms with Crippen molar-refractivity contribution in [3.63, 3.8) is 0 Å². The summed E-state index contributed by atoms with van der Waals surface area (Å²) < 4.78 is 0.903. The second-order valence-electron chi connectivity index (χ2n) is 9.78. The van der Waals surface area contributed by atoms with Gasteiger partial charge < -0.3 is 21.3 Å². The number of halogens is 1. The molecule has 0 unspecified atom stereocenters. The Bertz CT molecular complexity index is 1160. The number of hydrogen-bond donors (Lipinski definition) is 4. The fraction of sp³-hybridized carbons (Fsp3) is 0.400. The van der Waals surface area contributed by atoms with Crippen molar-refractivity contribution in [1.29, 1.82) is 0 Å². The summed E-state index contributed by atoms with van der Waals surface area (Å²) in [5, 5.41) is 11.1. The number of carbonyl (C=O) groups is 4. The van der Waals surface area contributed by atoms with Crippen LogP contribution in [0.4, 0.5) is 0 Å². The topological polar surface area (TPSA) is 116 Å². The third kappa shape index (κ3) is 11.7. The lowest BCUT2D eigenvalue weighted by Crippen LogP contribution is -2.56. The predicted octanol–water partition coefficient (Wildman–Crippen LogP) is 3.24. The number of benzene rings is 2. The highest BCUT2D eigenvalue weighted by atomic mass is 79.9. The standard InChI is InChI=1S/C30H37BrN4O4/c1-5-6-15-27(36)34-26(18-22-11-8-7-9-12-22)30(39)35-25(16-20(2)3)29(38)33-21(4)28(37)32-19-23-13-10-14-24(31)17-23/h1,7-14,17,20-21,25-26H,6,15-16,18-19H2,2-4H3,(H,32,37)(H,33,38)(H,34,36)(H,35,39)/t21-,25-,26-/m0/s1. The zero-order valence-electron chi connectivity index (χ0n) is 22.6. The van der Waals surface area contributed by atoms with Crippen molar-refractivity contribution in [3.8, 4) is 12.3 Å². The van der Waals surface area contributed by atoms with Crippen molar-refractivity contribution in [3.05, 3.63) is 70.2 Å². The summed E-state index contributed by atoms with van der Waals surface area (Å²) in [4.78, 5) is 51.5. The van der Waals surface area contributed by atoms with Gasteiger partial charge in [-0.25, -0.2) is 0 Å². The third-order valence-electron chi connectivity index (χ3n) is 5.88. The zero-order chi connectivity index (χ0) is 28.8. The Kier molecular flexibility index (Phi) is 13.2. The molecule has 0 aliphatic rings. The van der Waals surface area contributed by atoms with Gasteiger partial charge in [-0.05, 0) is 42.5 Å². The second kappa shape index (κ2) is 16.4. The van der Waals surface area contributed by atoms with Crippen LogP contribution in [0.5, 0.6) is 0 Å². The second-order valence-corrected chi connectivity index (χ2v) is 10.7. The molecular weight excluding hydrogens is 560 g/mol. The molecule has 0 fully saturated rings. The monoisotopic (exact) mass is 596 g/mol. The van der Waals surface area contributed by atoms with Crippen LogP contribution in [0, 0.1) is 18.3 Å². The summed E-state index contributed by atoms with van der Waals surface area (Å²) in [5.74, 6) is 0.853. The highest BCUT2D eigenvalue weighted by molar-refractivity contribution is 9.10. The molecule has 8 nitrogen and oxygen atoms in total. The molecule has 9 heteroatoms. The molecule has 3 atom stereocenters. The highest BCUT2D eigenvalue weighted by Gasteiger charge is 2.29. The zero-order valence-corrected chi connectivity index (χ0v) is 24.2. The molecule has 0 saturated carbocycles. The Morgan fingerprint density at radius 2 is 1.51 bits per heavy atom. The lowest BCUT2D eigenvalue weighted by molar-refractivity contribution is -0.133. The van der Waals surface area contributed by atoms with Gasteiger partial charge in [0.1, 0.15) is 18.1 Å². The van der Waals surface area contributed by atoms with Gasteiger partial charge in [0.25, 0.3) is 0 Å². The molecule has 0 radical (unpaired) electrons. The lowest BCUT2D eigenvalue weighted by Gasteiger charge is -2.25. The molecule has 0 aromatic heterocycles. The van der Waals surface area contributed by atoms with Gasteiger partial charge in [0.05, 0.1) is 0 Å². The Hall–Kier alpha value is -3.64. The summed E-state index contributed by atoms with van der Waals surface area (Å²) in [5.41, 5.74) is 1.77. The minimum atomic E-state index is -0.897. The predicted molar refractivity (Wildman–Crippen MR) is 155 cm³/mol. The van der Waals surface area contributed by atoms with Crippen LogP contribution in [0.15, 0.2) is 59.1 Å². The third-order valence-corrected chi connectivity index (χ3v) is 6.37. The molecule has 208 valence electrons. The van der Waals surface area contributed by atoms with E-state index in [1.807, 2.05) is 68.4 Å². The summed E-state index contributed by atoms with van der Waals surface area (Å²) >= 11 is 3.40. The van der Waals surface area contributed by atoms with Crippen LogP contribution in [-0.2, 0) is 32.1 Å². The Morgan fingerprint density at radius 3 is 2.15 bits per heavy atom. The van der Waals surface area contributed by atoms with Crippen LogP contribution in [0.25, 0.3) is 0 Å². The fourth-order valence-electron chi connectivity index (χ4n) is 3.86. The first kappa shape index (κ1) is 31.6. The molecular formula is C30H37BrN4O4. The van der Waals surface area contributed by atoms with Crippen LogP contribution in [0.1, 0.15) is 51.2 Å². The van der Waals surface area contributed by atoms with Crippen LogP contribution >= 0.6 is 15.9 Å². The molecule has 4 N–H and O–H groups in total. The number of rotatable bonds is 14. The largest absolute Gasteiger partial charge is 0.350 e. The number of hydrogen-bond acceptors (Lipinski definition) is 4. The molecule has 0 aliphatic heterocycles. The molecule has 0 bridgehead atoms. The van der Waals surface area contributed by atoms with Gasteiger partial charge in [-0.2, -0.15) is 0 Å². The number of carbonyl (C=O) groups excluding carboxylic acids is 4. The summed E-state index contributed by atoms with van der Waals surface area (Å²) in [6.45, 7) is 5.77. The smallest absolute Gasteiger partial charge is 0.243 e. The summed E-state index contributed by atoms with van der Waals surface area (Å²) in [6, 6.07) is 14.2. The van der Waals surface area contributed by atoms with Crippen molar-refractivity contribution in [2.75, 3.05) is 0 Å². The summed E-state index contributed by atoms with van der Waals surface area (Å²) in [7, 11) is 0. The van der Waals surface area contributed by atoms with E-state index in [1.54, 1.807) is 6.92 Å². The van der Waals surface area contributed by atoms with Crippen molar-refractivity contribution in [2.24, 2.45) is 5.92 Å². The molecule has 0 aliphatic carbocycles. The van der Waals surface area contributed by atoms with Crippen LogP contribution in [0.2, 0.25) is 0 Å². The SMILES string of the molecule is C#CCCC(=O)N[C@@H](Cc1ccccc1)C(=O)N[C@@H](CC(C)C)C(=O)N[C@@H](C)C(=O)NCc1cccc(Br)c1. The van der Waals surface area contributed by atoms with Crippen molar-refractivity contribution in [1.82, 2.24) is 21.3 Å². The molecule has 4 amide bonds. The van der Waals surface area contributed by atoms with Gasteiger partial charge in [-0.15, -0.1) is 12.3 Å². The summed E-state index contributed by atoms with van der Waals surface area (Å²) in [6.07, 6.45) is 6.22. The minimum Gasteiger partial charge on any atom is -0.350 e. The van der Waals surface area contributed by atoms with Gasteiger partial charge in [0.15, 0.2) is 0 Å². The molecule has 0 heterocycles. The van der Waals surface area contributed by atoms with Crippen LogP contribution in [0.3, 0.4) is 0 Å².